The molecule has 1 amide bonds. The van der Waals surface area contributed by atoms with Gasteiger partial charge in [-0.2, -0.15) is 0 Å². The van der Waals surface area contributed by atoms with Crippen LogP contribution in [-0.4, -0.2) is 32.0 Å². The lowest BCUT2D eigenvalue weighted by Crippen LogP contribution is -2.31. The van der Waals surface area contributed by atoms with Crippen molar-refractivity contribution in [2.24, 2.45) is 0 Å². The number of sulfone groups is 1. The van der Waals surface area contributed by atoms with Crippen molar-refractivity contribution in [3.63, 3.8) is 0 Å². The molecule has 0 N–H and O–H groups in total. The molecule has 1 aromatic rings. The molecular weight excluding hydrogens is 250 g/mol. The van der Waals surface area contributed by atoms with E-state index in [1.807, 2.05) is 0 Å². The van der Waals surface area contributed by atoms with Gasteiger partial charge in [-0.25, -0.2) is 8.42 Å². The molecule has 1 heterocycles. The average Bonchev–Trinajstić information content (AvgIpc) is 2.62. The molecule has 94 valence electrons. The molecule has 0 saturated carbocycles. The van der Waals surface area contributed by atoms with E-state index in [-0.39, 0.29) is 11.7 Å². The second kappa shape index (κ2) is 4.46. The summed E-state index contributed by atoms with van der Waals surface area (Å²) in [7, 11) is -1.71. The molecule has 0 bridgehead atoms. The highest BCUT2D eigenvalue weighted by Crippen LogP contribution is 2.36. The molecule has 0 aromatic heterocycles. The van der Waals surface area contributed by atoms with E-state index < -0.39 is 15.9 Å². The Balaban J connectivity index is 2.44. The van der Waals surface area contributed by atoms with E-state index in [2.05, 4.69) is 11.8 Å². The summed E-state index contributed by atoms with van der Waals surface area (Å²) in [6.07, 6.45) is 0. The normalized spacial score (nSPS) is 19.6. The Morgan fingerprint density at radius 2 is 2.06 bits per heavy atom. The van der Waals surface area contributed by atoms with Gasteiger partial charge in [0.25, 0.3) is 5.91 Å². The maximum absolute atomic E-state index is 12.0. The maximum atomic E-state index is 12.0. The fourth-order valence-electron chi connectivity index (χ4n) is 2.08. The van der Waals surface area contributed by atoms with Crippen LogP contribution in [0.15, 0.2) is 29.2 Å². The maximum Gasteiger partial charge on any atom is 0.298 e. The van der Waals surface area contributed by atoms with Crippen molar-refractivity contribution in [2.45, 2.75) is 17.9 Å². The topological polar surface area (TPSA) is 54.5 Å². The molecule has 1 unspecified atom stereocenters. The van der Waals surface area contributed by atoms with Crippen molar-refractivity contribution >= 4 is 15.7 Å². The van der Waals surface area contributed by atoms with Gasteiger partial charge in [0.15, 0.2) is 9.84 Å². The number of carbonyl (C=O) groups is 1. The van der Waals surface area contributed by atoms with Crippen molar-refractivity contribution in [3.8, 4) is 11.8 Å². The molecule has 2 rings (SSSR count). The number of carbonyl (C=O) groups excluding carboxylic acids is 1. The molecule has 0 radical (unpaired) electrons. The Labute approximate surface area is 107 Å². The zero-order valence-corrected chi connectivity index (χ0v) is 11.0. The summed E-state index contributed by atoms with van der Waals surface area (Å²) in [6, 6.07) is 6.34. The van der Waals surface area contributed by atoms with Gasteiger partial charge in [0, 0.05) is 7.05 Å². The molecule has 0 aliphatic carbocycles. The number of rotatable bonds is 1. The number of nitrogens with zero attached hydrogens (tertiary/aromatic N) is 1. The quantitative estimate of drug-likeness (QED) is 0.710. The summed E-state index contributed by atoms with van der Waals surface area (Å²) in [6.45, 7) is 1.57. The standard InChI is InChI=1S/C13H13NO3S/c1-3-6-13(15)14(2)11-9-18(16,17)12-8-5-4-7-10(11)12/h4-5,7-8,11H,9H2,1-2H3. The van der Waals surface area contributed by atoms with E-state index in [0.717, 1.165) is 0 Å². The molecule has 0 spiro atoms. The number of hydrogen-bond donors (Lipinski definition) is 0. The summed E-state index contributed by atoms with van der Waals surface area (Å²) >= 11 is 0. The SMILES string of the molecule is CC#CC(=O)N(C)C1CS(=O)(=O)c2ccccc21. The first kappa shape index (κ1) is 12.7. The molecule has 18 heavy (non-hydrogen) atoms. The van der Waals surface area contributed by atoms with Crippen LogP contribution in [-0.2, 0) is 14.6 Å². The highest BCUT2D eigenvalue weighted by Gasteiger charge is 2.37. The molecule has 0 fully saturated rings. The first-order chi connectivity index (χ1) is 8.47. The first-order valence-electron chi connectivity index (χ1n) is 5.48. The second-order valence-electron chi connectivity index (χ2n) is 4.13. The van der Waals surface area contributed by atoms with Crippen LogP contribution in [0.2, 0.25) is 0 Å². The predicted octanol–water partition coefficient (Wildman–Crippen LogP) is 0.997. The van der Waals surface area contributed by atoms with E-state index in [1.54, 1.807) is 38.2 Å². The summed E-state index contributed by atoms with van der Waals surface area (Å²) in [5, 5.41) is 0. The van der Waals surface area contributed by atoms with Gasteiger partial charge in [0.2, 0.25) is 0 Å². The van der Waals surface area contributed by atoms with E-state index in [4.69, 9.17) is 0 Å². The van der Waals surface area contributed by atoms with E-state index in [0.29, 0.717) is 10.5 Å². The van der Waals surface area contributed by atoms with Crippen LogP contribution in [0.4, 0.5) is 0 Å². The molecular formula is C13H13NO3S. The smallest absolute Gasteiger partial charge is 0.298 e. The molecule has 1 aliphatic rings. The van der Waals surface area contributed by atoms with Crippen molar-refractivity contribution in [1.29, 1.82) is 0 Å². The lowest BCUT2D eigenvalue weighted by Gasteiger charge is -2.21. The third-order valence-corrected chi connectivity index (χ3v) is 4.81. The zero-order chi connectivity index (χ0) is 13.3. The van der Waals surface area contributed by atoms with Gasteiger partial charge in [-0.15, -0.1) is 0 Å². The van der Waals surface area contributed by atoms with Crippen LogP contribution in [0.1, 0.15) is 18.5 Å². The Bertz CT molecular complexity index is 652. The van der Waals surface area contributed by atoms with Crippen molar-refractivity contribution < 1.29 is 13.2 Å². The van der Waals surface area contributed by atoms with Crippen LogP contribution in [0.25, 0.3) is 0 Å². The molecule has 1 atom stereocenters. The second-order valence-corrected chi connectivity index (χ2v) is 6.13. The van der Waals surface area contributed by atoms with Gasteiger partial charge < -0.3 is 4.90 Å². The Kier molecular flexibility index (Phi) is 3.14. The van der Waals surface area contributed by atoms with E-state index in [1.165, 1.54) is 4.90 Å². The minimum atomic E-state index is -3.29. The number of amides is 1. The Morgan fingerprint density at radius 1 is 1.39 bits per heavy atom. The van der Waals surface area contributed by atoms with Gasteiger partial charge >= 0.3 is 0 Å². The molecule has 4 nitrogen and oxygen atoms in total. The fourth-order valence-corrected chi connectivity index (χ4v) is 3.93. The highest BCUT2D eigenvalue weighted by molar-refractivity contribution is 7.91. The molecule has 5 heteroatoms. The lowest BCUT2D eigenvalue weighted by atomic mass is 10.1. The zero-order valence-electron chi connectivity index (χ0n) is 10.2. The van der Waals surface area contributed by atoms with Crippen molar-refractivity contribution in [2.75, 3.05) is 12.8 Å². The lowest BCUT2D eigenvalue weighted by molar-refractivity contribution is -0.125. The third kappa shape index (κ3) is 2.00. The van der Waals surface area contributed by atoms with Crippen LogP contribution in [0.5, 0.6) is 0 Å². The van der Waals surface area contributed by atoms with Crippen LogP contribution in [0, 0.1) is 11.8 Å². The fraction of sp³-hybridized carbons (Fsp3) is 0.308. The Morgan fingerprint density at radius 3 is 2.72 bits per heavy atom. The number of benzene rings is 1. The van der Waals surface area contributed by atoms with Crippen LogP contribution in [0.3, 0.4) is 0 Å². The minimum Gasteiger partial charge on any atom is -0.327 e. The summed E-state index contributed by atoms with van der Waals surface area (Å²) in [5.41, 5.74) is 0.672. The predicted molar refractivity (Wildman–Crippen MR) is 67.5 cm³/mol. The van der Waals surface area contributed by atoms with E-state index in [9.17, 15) is 13.2 Å². The average molecular weight is 263 g/mol. The van der Waals surface area contributed by atoms with Gasteiger partial charge in [-0.3, -0.25) is 4.79 Å². The van der Waals surface area contributed by atoms with Crippen molar-refractivity contribution in [3.05, 3.63) is 29.8 Å². The van der Waals surface area contributed by atoms with Gasteiger partial charge in [0.1, 0.15) is 0 Å². The van der Waals surface area contributed by atoms with Crippen LogP contribution >= 0.6 is 0 Å². The monoisotopic (exact) mass is 263 g/mol. The number of hydrogen-bond acceptors (Lipinski definition) is 3. The van der Waals surface area contributed by atoms with Gasteiger partial charge in [0.05, 0.1) is 16.7 Å². The minimum absolute atomic E-state index is 0.0695. The molecule has 1 aromatic carbocycles. The Hall–Kier alpha value is -1.80. The van der Waals surface area contributed by atoms with E-state index >= 15 is 0 Å². The van der Waals surface area contributed by atoms with Gasteiger partial charge in [-0.1, -0.05) is 24.1 Å². The number of fused-ring (bicyclic) bond motifs is 1. The summed E-state index contributed by atoms with van der Waals surface area (Å²) in [4.78, 5) is 13.4. The highest BCUT2D eigenvalue weighted by atomic mass is 32.2. The summed E-state index contributed by atoms with van der Waals surface area (Å²) in [5.74, 6) is 4.51. The molecule has 0 saturated heterocycles. The third-order valence-electron chi connectivity index (χ3n) is 3.01. The van der Waals surface area contributed by atoms with Crippen molar-refractivity contribution in [1.82, 2.24) is 4.90 Å². The first-order valence-corrected chi connectivity index (χ1v) is 7.14. The largest absolute Gasteiger partial charge is 0.327 e. The van der Waals surface area contributed by atoms with Gasteiger partial charge in [-0.05, 0) is 24.5 Å². The molecule has 1 aliphatic heterocycles. The van der Waals surface area contributed by atoms with Crippen LogP contribution < -0.4 is 0 Å². The summed E-state index contributed by atoms with van der Waals surface area (Å²) < 4.78 is 23.9.